The normalized spacial score (nSPS) is 16.1. The minimum absolute atomic E-state index is 0.0946. The monoisotopic (exact) mass is 404 g/mol. The van der Waals surface area contributed by atoms with Gasteiger partial charge in [0, 0.05) is 45.0 Å². The molecule has 8 nitrogen and oxygen atoms in total. The maximum atomic E-state index is 12.5. The van der Waals surface area contributed by atoms with Gasteiger partial charge in [-0.2, -0.15) is 17.0 Å². The van der Waals surface area contributed by atoms with Crippen LogP contribution in [0.5, 0.6) is 11.5 Å². The lowest BCUT2D eigenvalue weighted by Crippen LogP contribution is -2.46. The Balaban J connectivity index is 1.53. The maximum Gasteiger partial charge on any atom is 0.281 e. The second kappa shape index (κ2) is 8.68. The van der Waals surface area contributed by atoms with Crippen molar-refractivity contribution in [1.82, 2.24) is 13.6 Å². The Labute approximate surface area is 165 Å². The molecule has 0 aliphatic carbocycles. The van der Waals surface area contributed by atoms with Crippen molar-refractivity contribution in [3.05, 3.63) is 48.8 Å². The molecular formula is C19H24N4O4S. The van der Waals surface area contributed by atoms with Gasteiger partial charge in [0.1, 0.15) is 11.5 Å². The first-order valence-corrected chi connectivity index (χ1v) is 10.4. The number of hydrogen-bond acceptors (Lipinski definition) is 5. The molecule has 1 aliphatic heterocycles. The van der Waals surface area contributed by atoms with Crippen LogP contribution in [0.15, 0.2) is 48.8 Å². The van der Waals surface area contributed by atoms with E-state index in [1.54, 1.807) is 42.7 Å². The zero-order chi connectivity index (χ0) is 20.1. The fourth-order valence-electron chi connectivity index (χ4n) is 2.97. The molecule has 1 N–H and O–H groups in total. The summed E-state index contributed by atoms with van der Waals surface area (Å²) in [5.41, 5.74) is 0.673. The van der Waals surface area contributed by atoms with Crippen molar-refractivity contribution in [3.8, 4) is 11.5 Å². The number of nitrogens with zero attached hydrogens (tertiary/aromatic N) is 3. The van der Waals surface area contributed by atoms with E-state index in [1.165, 1.54) is 22.7 Å². The summed E-state index contributed by atoms with van der Waals surface area (Å²) in [4.78, 5) is 16.5. The lowest BCUT2D eigenvalue weighted by Gasteiger charge is -2.32. The zero-order valence-electron chi connectivity index (χ0n) is 15.9. The second-order valence-electron chi connectivity index (χ2n) is 6.77. The predicted molar refractivity (Wildman–Crippen MR) is 106 cm³/mol. The van der Waals surface area contributed by atoms with Crippen LogP contribution in [0.2, 0.25) is 0 Å². The first kappa shape index (κ1) is 20.2. The quantitative estimate of drug-likeness (QED) is 0.798. The van der Waals surface area contributed by atoms with Gasteiger partial charge in [-0.05, 0) is 49.2 Å². The molecule has 0 radical (unpaired) electrons. The number of ether oxygens (including phenoxy) is 1. The van der Waals surface area contributed by atoms with E-state index in [1.807, 2.05) is 6.07 Å². The van der Waals surface area contributed by atoms with Gasteiger partial charge in [0.25, 0.3) is 10.2 Å². The highest BCUT2D eigenvalue weighted by atomic mass is 32.2. The van der Waals surface area contributed by atoms with Crippen LogP contribution in [0.4, 0.5) is 5.69 Å². The molecular weight excluding hydrogens is 380 g/mol. The Morgan fingerprint density at radius 2 is 1.82 bits per heavy atom. The Morgan fingerprint density at radius 1 is 1.14 bits per heavy atom. The minimum atomic E-state index is -3.42. The van der Waals surface area contributed by atoms with Gasteiger partial charge in [0.05, 0.1) is 6.20 Å². The van der Waals surface area contributed by atoms with Gasteiger partial charge in [-0.15, -0.1) is 0 Å². The van der Waals surface area contributed by atoms with Crippen LogP contribution in [-0.4, -0.2) is 55.1 Å². The molecule has 1 fully saturated rings. The Bertz CT molecular complexity index is 893. The lowest BCUT2D eigenvalue weighted by atomic mass is 9.97. The van der Waals surface area contributed by atoms with Crippen LogP contribution in [0.25, 0.3) is 0 Å². The van der Waals surface area contributed by atoms with Gasteiger partial charge >= 0.3 is 0 Å². The number of amides is 1. The van der Waals surface area contributed by atoms with Crippen molar-refractivity contribution >= 4 is 21.8 Å². The number of pyridine rings is 1. The number of aromatic nitrogens is 1. The third-order valence-corrected chi connectivity index (χ3v) is 6.55. The average molecular weight is 404 g/mol. The molecule has 1 saturated heterocycles. The van der Waals surface area contributed by atoms with E-state index in [0.717, 1.165) is 0 Å². The predicted octanol–water partition coefficient (Wildman–Crippen LogP) is 2.33. The fourth-order valence-corrected chi connectivity index (χ4v) is 4.11. The summed E-state index contributed by atoms with van der Waals surface area (Å²) in [5.74, 6) is 0.981. The zero-order valence-corrected chi connectivity index (χ0v) is 16.7. The van der Waals surface area contributed by atoms with Gasteiger partial charge in [0.2, 0.25) is 5.91 Å². The molecule has 2 heterocycles. The van der Waals surface area contributed by atoms with Gasteiger partial charge in [-0.25, -0.2) is 0 Å². The molecule has 0 unspecified atom stereocenters. The minimum Gasteiger partial charge on any atom is -0.456 e. The smallest absolute Gasteiger partial charge is 0.281 e. The molecule has 1 aromatic heterocycles. The second-order valence-corrected chi connectivity index (χ2v) is 8.91. The SMILES string of the molecule is CN(C)S(=O)(=O)N1CCC(C(=O)Nc2ccc(Oc3cccnc3)cc2)CC1. The third kappa shape index (κ3) is 4.86. The first-order valence-electron chi connectivity index (χ1n) is 9.02. The molecule has 0 atom stereocenters. The van der Waals surface area contributed by atoms with Crippen LogP contribution in [0.3, 0.4) is 0 Å². The number of benzene rings is 1. The van der Waals surface area contributed by atoms with E-state index in [0.29, 0.717) is 43.1 Å². The van der Waals surface area contributed by atoms with Crippen molar-refractivity contribution in [2.45, 2.75) is 12.8 Å². The van der Waals surface area contributed by atoms with Crippen LogP contribution >= 0.6 is 0 Å². The summed E-state index contributed by atoms with van der Waals surface area (Å²) in [6, 6.07) is 10.7. The van der Waals surface area contributed by atoms with Crippen LogP contribution in [0.1, 0.15) is 12.8 Å². The Kier molecular flexibility index (Phi) is 6.28. The Morgan fingerprint density at radius 3 is 2.39 bits per heavy atom. The summed E-state index contributed by atoms with van der Waals surface area (Å²) < 4.78 is 32.6. The largest absolute Gasteiger partial charge is 0.456 e. The highest BCUT2D eigenvalue weighted by Gasteiger charge is 2.32. The van der Waals surface area contributed by atoms with E-state index in [2.05, 4.69) is 10.3 Å². The fraction of sp³-hybridized carbons (Fsp3) is 0.368. The molecule has 1 aromatic carbocycles. The van der Waals surface area contributed by atoms with E-state index in [-0.39, 0.29) is 11.8 Å². The van der Waals surface area contributed by atoms with Crippen molar-refractivity contribution in [2.24, 2.45) is 5.92 Å². The van der Waals surface area contributed by atoms with Crippen molar-refractivity contribution < 1.29 is 17.9 Å². The first-order chi connectivity index (χ1) is 13.4. The highest BCUT2D eigenvalue weighted by molar-refractivity contribution is 7.86. The number of piperidine rings is 1. The van der Waals surface area contributed by atoms with Crippen molar-refractivity contribution in [3.63, 3.8) is 0 Å². The number of carbonyl (C=O) groups is 1. The van der Waals surface area contributed by atoms with E-state index >= 15 is 0 Å². The summed E-state index contributed by atoms with van der Waals surface area (Å²) in [7, 11) is -0.403. The van der Waals surface area contributed by atoms with Crippen LogP contribution in [-0.2, 0) is 15.0 Å². The number of anilines is 1. The molecule has 28 heavy (non-hydrogen) atoms. The summed E-state index contributed by atoms with van der Waals surface area (Å²) >= 11 is 0. The third-order valence-electron chi connectivity index (χ3n) is 4.60. The van der Waals surface area contributed by atoms with Gasteiger partial charge in [-0.3, -0.25) is 9.78 Å². The van der Waals surface area contributed by atoms with Gasteiger partial charge in [0.15, 0.2) is 0 Å². The number of hydrogen-bond donors (Lipinski definition) is 1. The van der Waals surface area contributed by atoms with Crippen molar-refractivity contribution in [2.75, 3.05) is 32.5 Å². The molecule has 3 rings (SSSR count). The number of nitrogens with one attached hydrogen (secondary N) is 1. The Hall–Kier alpha value is -2.49. The number of carbonyl (C=O) groups excluding carboxylic acids is 1. The van der Waals surface area contributed by atoms with E-state index < -0.39 is 10.2 Å². The van der Waals surface area contributed by atoms with Crippen molar-refractivity contribution in [1.29, 1.82) is 0 Å². The van der Waals surface area contributed by atoms with E-state index in [4.69, 9.17) is 4.74 Å². The molecule has 150 valence electrons. The standard InChI is InChI=1S/C19H24N4O4S/c1-22(2)28(25,26)23-12-9-15(10-13-23)19(24)21-16-5-7-17(8-6-16)27-18-4-3-11-20-14-18/h3-8,11,14-15H,9-10,12-13H2,1-2H3,(H,21,24). The topological polar surface area (TPSA) is 91.8 Å². The lowest BCUT2D eigenvalue weighted by molar-refractivity contribution is -0.120. The summed E-state index contributed by atoms with van der Waals surface area (Å²) in [6.45, 7) is 0.687. The molecule has 1 aliphatic rings. The summed E-state index contributed by atoms with van der Waals surface area (Å²) in [6.07, 6.45) is 4.30. The molecule has 0 spiro atoms. The molecule has 0 bridgehead atoms. The van der Waals surface area contributed by atoms with Crippen LogP contribution < -0.4 is 10.1 Å². The number of rotatable bonds is 6. The summed E-state index contributed by atoms with van der Waals surface area (Å²) in [5, 5.41) is 2.89. The molecule has 0 saturated carbocycles. The van der Waals surface area contributed by atoms with Gasteiger partial charge < -0.3 is 10.1 Å². The molecule has 9 heteroatoms. The highest BCUT2D eigenvalue weighted by Crippen LogP contribution is 2.24. The average Bonchev–Trinajstić information content (AvgIpc) is 2.70. The van der Waals surface area contributed by atoms with Crippen LogP contribution in [0, 0.1) is 5.92 Å². The molecule has 2 aromatic rings. The van der Waals surface area contributed by atoms with Gasteiger partial charge in [-0.1, -0.05) is 0 Å². The van der Waals surface area contributed by atoms with E-state index in [9.17, 15) is 13.2 Å². The maximum absolute atomic E-state index is 12.5. The molecule has 1 amide bonds.